The fraction of sp³-hybridized carbons (Fsp3) is 0.522. The van der Waals surface area contributed by atoms with Crippen molar-refractivity contribution in [3.63, 3.8) is 0 Å². The maximum Gasteiger partial charge on any atom is 0.408 e. The Morgan fingerprint density at radius 2 is 1.04 bits per heavy atom. The Hall–Kier alpha value is -5.71. The summed E-state index contributed by atoms with van der Waals surface area (Å²) in [4.78, 5) is 70.7. The monoisotopic (exact) mass is 1000 g/mol. The van der Waals surface area contributed by atoms with Crippen LogP contribution in [0.1, 0.15) is 128 Å². The van der Waals surface area contributed by atoms with E-state index in [0.29, 0.717) is 12.8 Å². The van der Waals surface area contributed by atoms with Gasteiger partial charge in [0.25, 0.3) is 5.69 Å². The maximum absolute atomic E-state index is 13.2. The molecule has 4 atom stereocenters. The van der Waals surface area contributed by atoms with E-state index in [4.69, 9.17) is 14.0 Å². The van der Waals surface area contributed by atoms with Gasteiger partial charge in [0.05, 0.1) is 34.1 Å². The van der Waals surface area contributed by atoms with Crippen molar-refractivity contribution in [2.45, 2.75) is 144 Å². The summed E-state index contributed by atoms with van der Waals surface area (Å²) in [7, 11) is -4.37. The third-order valence-corrected chi connectivity index (χ3v) is 12.1. The van der Waals surface area contributed by atoms with E-state index in [2.05, 4.69) is 31.2 Å². The Morgan fingerprint density at radius 1 is 0.676 bits per heavy atom. The zero-order valence-electron chi connectivity index (χ0n) is 40.7. The van der Waals surface area contributed by atoms with Gasteiger partial charge in [-0.25, -0.2) is 19.6 Å². The van der Waals surface area contributed by atoms with Gasteiger partial charge in [-0.05, 0) is 102 Å². The van der Waals surface area contributed by atoms with Gasteiger partial charge in [0.15, 0.2) is 0 Å². The smallest absolute Gasteiger partial charge is 0.408 e. The first kappa shape index (κ1) is 56.6. The molecule has 68 heavy (non-hydrogen) atoms. The number of non-ortho nitro benzene ring substituents is 1. The number of alkyl carbamates (subject to hydrolysis) is 2. The molecule has 0 saturated carbocycles. The quantitative estimate of drug-likeness (QED) is 0.0293. The Bertz CT molecular complexity index is 2410. The van der Waals surface area contributed by atoms with Gasteiger partial charge in [-0.1, -0.05) is 65.8 Å². The number of carbonyl (C=O) groups is 4. The minimum absolute atomic E-state index is 0.00304. The van der Waals surface area contributed by atoms with Crippen molar-refractivity contribution in [1.82, 2.24) is 31.2 Å². The Morgan fingerprint density at radius 3 is 1.34 bits per heavy atom. The molecule has 2 aromatic carbocycles. The zero-order valence-corrected chi connectivity index (χ0v) is 43.1. The maximum atomic E-state index is 13.2. The predicted octanol–water partition coefficient (Wildman–Crippen LogP) is 8.43. The highest BCUT2D eigenvalue weighted by atomic mass is 32.2. The van der Waals surface area contributed by atoms with Crippen LogP contribution in [-0.2, 0) is 55.1 Å². The number of rotatable bonds is 19. The second-order valence-corrected chi connectivity index (χ2v) is 21.5. The average Bonchev–Trinajstić information content (AvgIpc) is 3.91. The van der Waals surface area contributed by atoms with E-state index in [1.165, 1.54) is 46.9 Å². The predicted molar refractivity (Wildman–Crippen MR) is 263 cm³/mol. The summed E-state index contributed by atoms with van der Waals surface area (Å²) in [6, 6.07) is 10.1. The summed E-state index contributed by atoms with van der Waals surface area (Å²) in [5.41, 5.74) is 2.29. The lowest BCUT2D eigenvalue weighted by atomic mass is 10.0. The number of nitrogens with one attached hydrogen (secondary N) is 5. The van der Waals surface area contributed by atoms with E-state index in [1.807, 2.05) is 57.0 Å². The van der Waals surface area contributed by atoms with Gasteiger partial charge in [-0.15, -0.1) is 22.7 Å². The number of hydrogen-bond donors (Lipinski definition) is 6. The van der Waals surface area contributed by atoms with Crippen molar-refractivity contribution in [2.24, 2.45) is 11.8 Å². The van der Waals surface area contributed by atoms with Crippen molar-refractivity contribution in [3.05, 3.63) is 102 Å². The molecule has 0 spiro atoms. The van der Waals surface area contributed by atoms with E-state index in [9.17, 15) is 37.7 Å². The lowest BCUT2D eigenvalue weighted by Crippen LogP contribution is -2.51. The molecular weight excluding hydrogens is 937 g/mol. The molecule has 4 rings (SSSR count). The molecule has 4 amide bonds. The number of nitro benzene ring substituents is 1. The molecule has 0 saturated heterocycles. The van der Waals surface area contributed by atoms with E-state index < -0.39 is 62.8 Å². The number of thiazole rings is 2. The van der Waals surface area contributed by atoms with Crippen LogP contribution in [0.5, 0.6) is 0 Å². The van der Waals surface area contributed by atoms with Crippen LogP contribution in [0.15, 0.2) is 59.3 Å². The molecule has 2 heterocycles. The topological polar surface area (TPSA) is 270 Å². The van der Waals surface area contributed by atoms with Gasteiger partial charge in [-0.3, -0.25) is 29.0 Å². The van der Waals surface area contributed by atoms with Crippen molar-refractivity contribution in [2.75, 3.05) is 4.72 Å². The molecule has 2 aromatic heterocycles. The van der Waals surface area contributed by atoms with E-state index in [1.54, 1.807) is 65.8 Å². The number of ether oxygens (including phenoxy) is 2. The number of nitro groups is 1. The number of aromatic nitrogens is 2. The van der Waals surface area contributed by atoms with Gasteiger partial charge >= 0.3 is 22.5 Å². The summed E-state index contributed by atoms with van der Waals surface area (Å²) in [6.45, 7) is 21.8. The second kappa shape index (κ2) is 25.1. The average molecular weight is 1000 g/mol. The molecule has 0 bridgehead atoms. The number of aryl methyl sites for hydroxylation is 2. The third kappa shape index (κ3) is 19.9. The van der Waals surface area contributed by atoms with Gasteiger partial charge in [-0.2, -0.15) is 8.42 Å². The molecule has 0 aliphatic carbocycles. The first-order chi connectivity index (χ1) is 31.6. The highest BCUT2D eigenvalue weighted by molar-refractivity contribution is 7.87. The molecule has 0 aliphatic rings. The largest absolute Gasteiger partial charge is 0.444 e. The summed E-state index contributed by atoms with van der Waals surface area (Å²) >= 11 is 2.88. The second-order valence-electron chi connectivity index (χ2n) is 18.5. The first-order valence-electron chi connectivity index (χ1n) is 22.1. The standard InChI is InChI=1S/C23H34N4O6S2.C23H32N4O5S/c1-7-16-13-34-21(24-16)18(12-15-8-10-17(11-9-15)27-35(30,31)32)25-20(28)19(14(2)3)26-22(29)33-23(4,5)6;1-7-16-13-33-21(24-16)18(12-15-8-10-17(11-9-15)27(30)31)25-20(28)19(14(2)3)26-22(29)32-23(4,5)6/h8-11,13-14,18-19,27H,7,12H2,1-6H3,(H,25,28)(H,26,29)(H,30,31,32);8-11,13-14,18-19H,7,12H2,1-6H3,(H,25,28)(H,26,29)/t2*18-,19-/m00/s1. The Kier molecular flexibility index (Phi) is 20.9. The summed E-state index contributed by atoms with van der Waals surface area (Å²) in [6.07, 6.45) is 0.966. The van der Waals surface area contributed by atoms with Gasteiger partial charge < -0.3 is 30.7 Å². The molecule has 19 nitrogen and oxygen atoms in total. The SMILES string of the molecule is CCc1csc([C@H](Cc2ccc(NS(=O)(=O)O)cc2)NC(=O)[C@@H](NC(=O)OC(C)(C)C)C(C)C)n1.CCc1csc([C@H](Cc2ccc([N+](=O)[O-])cc2)NC(=O)[C@@H](NC(=O)OC(C)(C)C)C(C)C)n1. The first-order valence-corrected chi connectivity index (χ1v) is 25.3. The molecule has 0 radical (unpaired) electrons. The number of benzene rings is 2. The third-order valence-electron chi connectivity index (χ3n) is 9.56. The van der Waals surface area contributed by atoms with E-state index >= 15 is 0 Å². The fourth-order valence-corrected chi connectivity index (χ4v) is 8.57. The lowest BCUT2D eigenvalue weighted by Gasteiger charge is -2.27. The van der Waals surface area contributed by atoms with Crippen LogP contribution in [0.4, 0.5) is 21.0 Å². The summed E-state index contributed by atoms with van der Waals surface area (Å²) < 4.78 is 43.6. The number of carbonyl (C=O) groups excluding carboxylic acids is 4. The lowest BCUT2D eigenvalue weighted by molar-refractivity contribution is -0.384. The van der Waals surface area contributed by atoms with Crippen molar-refractivity contribution < 1.29 is 46.5 Å². The molecule has 6 N–H and O–H groups in total. The zero-order chi connectivity index (χ0) is 51.1. The van der Waals surface area contributed by atoms with Gasteiger partial charge in [0.1, 0.15) is 33.3 Å². The molecule has 4 aromatic rings. The molecule has 0 aliphatic heterocycles. The Balaban J connectivity index is 0.000000361. The van der Waals surface area contributed by atoms with E-state index in [-0.39, 0.29) is 35.0 Å². The molecule has 374 valence electrons. The van der Waals surface area contributed by atoms with Gasteiger partial charge in [0.2, 0.25) is 11.8 Å². The van der Waals surface area contributed by atoms with Crippen LogP contribution >= 0.6 is 22.7 Å². The van der Waals surface area contributed by atoms with Crippen LogP contribution in [0, 0.1) is 22.0 Å². The minimum Gasteiger partial charge on any atom is -0.444 e. The number of nitrogens with zero attached hydrogens (tertiary/aromatic N) is 3. The minimum atomic E-state index is -4.37. The van der Waals surface area contributed by atoms with E-state index in [0.717, 1.165) is 45.4 Å². The number of hydrogen-bond acceptors (Lipinski definition) is 14. The van der Waals surface area contributed by atoms with Crippen LogP contribution in [0.3, 0.4) is 0 Å². The summed E-state index contributed by atoms with van der Waals surface area (Å²) in [5.74, 6) is -1.10. The Labute approximate surface area is 407 Å². The van der Waals surface area contributed by atoms with Crippen LogP contribution in [0.25, 0.3) is 0 Å². The molecule has 0 fully saturated rings. The fourth-order valence-electron chi connectivity index (χ4n) is 6.24. The highest BCUT2D eigenvalue weighted by Crippen LogP contribution is 2.26. The highest BCUT2D eigenvalue weighted by Gasteiger charge is 2.31. The summed E-state index contributed by atoms with van der Waals surface area (Å²) in [5, 5.41) is 27.6. The van der Waals surface area contributed by atoms with Crippen LogP contribution < -0.4 is 26.0 Å². The number of anilines is 1. The van der Waals surface area contributed by atoms with Crippen LogP contribution in [0.2, 0.25) is 0 Å². The molecular formula is C46H66N8O11S3. The normalized spacial score (nSPS) is 13.5. The molecule has 22 heteroatoms. The van der Waals surface area contributed by atoms with Gasteiger partial charge in [0, 0.05) is 22.9 Å². The van der Waals surface area contributed by atoms with Crippen molar-refractivity contribution in [1.29, 1.82) is 0 Å². The van der Waals surface area contributed by atoms with Crippen LogP contribution in [-0.4, -0.2) is 75.1 Å². The van der Waals surface area contributed by atoms with Crippen molar-refractivity contribution >= 4 is 68.4 Å². The number of amides is 4. The van der Waals surface area contributed by atoms with Crippen molar-refractivity contribution in [3.8, 4) is 0 Å². The molecule has 0 unspecified atom stereocenters.